The molecule has 0 heterocycles. The summed E-state index contributed by atoms with van der Waals surface area (Å²) < 4.78 is 0. The molecular weight excluding hydrogens is 288 g/mol. The summed E-state index contributed by atoms with van der Waals surface area (Å²) in [6.07, 6.45) is 0. The lowest BCUT2D eigenvalue weighted by Crippen LogP contribution is -2.14. The Bertz CT molecular complexity index is 395. The lowest BCUT2D eigenvalue weighted by atomic mass is 10.2. The second-order valence-corrected chi connectivity index (χ2v) is 7.34. The average Bonchev–Trinajstić information content (AvgIpc) is 2.35. The number of thioether (sulfide) groups is 1. The van der Waals surface area contributed by atoms with Gasteiger partial charge in [-0.15, -0.1) is 0 Å². The van der Waals surface area contributed by atoms with Gasteiger partial charge in [0.2, 0.25) is 5.12 Å². The minimum atomic E-state index is -0.949. The van der Waals surface area contributed by atoms with E-state index in [2.05, 4.69) is 0 Å². The fourth-order valence-electron chi connectivity index (χ4n) is 1.06. The van der Waals surface area contributed by atoms with Crippen molar-refractivity contribution in [1.82, 2.24) is 0 Å². The summed E-state index contributed by atoms with van der Waals surface area (Å²) in [6.45, 7) is 1.52. The first-order chi connectivity index (χ1) is 8.59. The second-order valence-electron chi connectivity index (χ2n) is 3.48. The van der Waals surface area contributed by atoms with E-state index in [1.165, 1.54) is 23.3 Å². The Hall–Kier alpha value is -0.590. The highest BCUT2D eigenvalue weighted by Crippen LogP contribution is 2.27. The maximum absolute atomic E-state index is 11.4. The lowest BCUT2D eigenvalue weighted by molar-refractivity contribution is -0.136. The number of hydrogen-bond acceptors (Lipinski definition) is 5. The number of carboxylic acids is 1. The number of rotatable bonds is 7. The van der Waals surface area contributed by atoms with E-state index in [9.17, 15) is 9.59 Å². The van der Waals surface area contributed by atoms with Crippen LogP contribution in [0, 0.1) is 0 Å². The maximum atomic E-state index is 11.4. The van der Waals surface area contributed by atoms with Gasteiger partial charge in [0, 0.05) is 5.75 Å². The second kappa shape index (κ2) is 8.50. The molecule has 0 saturated heterocycles. The summed E-state index contributed by atoms with van der Waals surface area (Å²) in [4.78, 5) is 22.0. The molecule has 1 atom stereocenters. The Morgan fingerprint density at radius 3 is 2.50 bits per heavy atom. The largest absolute Gasteiger partial charge is 0.480 e. The van der Waals surface area contributed by atoms with Crippen molar-refractivity contribution in [3.8, 4) is 0 Å². The fraction of sp³-hybridized carbons (Fsp3) is 0.333. The van der Waals surface area contributed by atoms with Crippen molar-refractivity contribution in [2.45, 2.75) is 17.9 Å². The zero-order chi connectivity index (χ0) is 13.4. The molecule has 98 valence electrons. The van der Waals surface area contributed by atoms with Gasteiger partial charge in [0.1, 0.15) is 5.25 Å². The molecule has 1 N–H and O–H groups in total. The summed E-state index contributed by atoms with van der Waals surface area (Å²) in [6, 6.07) is 10.0. The highest BCUT2D eigenvalue weighted by molar-refractivity contribution is 8.76. The van der Waals surface area contributed by atoms with Crippen molar-refractivity contribution in [3.63, 3.8) is 0 Å². The van der Waals surface area contributed by atoms with E-state index in [1.54, 1.807) is 10.8 Å². The summed E-state index contributed by atoms with van der Waals surface area (Å²) in [7, 11) is 3.07. The molecule has 1 rings (SSSR count). The van der Waals surface area contributed by atoms with Crippen LogP contribution in [0.25, 0.3) is 0 Å². The molecule has 0 aliphatic carbocycles. The standard InChI is InChI=1S/C12H14O3S3/c1-9(12(14)15)18-11(13)8-17-16-7-10-5-3-2-4-6-10/h2-6,9H,7-8H2,1H3,(H,14,15). The molecule has 0 aromatic heterocycles. The van der Waals surface area contributed by atoms with Crippen LogP contribution < -0.4 is 0 Å². The van der Waals surface area contributed by atoms with Crippen molar-refractivity contribution in [2.24, 2.45) is 0 Å². The van der Waals surface area contributed by atoms with E-state index < -0.39 is 11.2 Å². The number of carbonyl (C=O) groups excluding carboxylic acids is 1. The minimum Gasteiger partial charge on any atom is -0.480 e. The van der Waals surface area contributed by atoms with Gasteiger partial charge >= 0.3 is 5.97 Å². The third-order valence-corrected chi connectivity index (χ3v) is 5.33. The molecule has 0 fully saturated rings. The molecule has 18 heavy (non-hydrogen) atoms. The van der Waals surface area contributed by atoms with E-state index >= 15 is 0 Å². The third kappa shape index (κ3) is 6.37. The highest BCUT2D eigenvalue weighted by Gasteiger charge is 2.16. The van der Waals surface area contributed by atoms with Crippen LogP contribution in [0.2, 0.25) is 0 Å². The number of carbonyl (C=O) groups is 2. The summed E-state index contributed by atoms with van der Waals surface area (Å²) >= 11 is 0.881. The number of hydrogen-bond donors (Lipinski definition) is 1. The van der Waals surface area contributed by atoms with Gasteiger partial charge in [-0.1, -0.05) is 63.7 Å². The SMILES string of the molecule is CC(SC(=O)CSSCc1ccccc1)C(=O)O. The average molecular weight is 302 g/mol. The zero-order valence-corrected chi connectivity index (χ0v) is 12.3. The number of aliphatic carboxylic acids is 1. The molecule has 0 aliphatic rings. The molecule has 0 amide bonds. The van der Waals surface area contributed by atoms with E-state index in [0.717, 1.165) is 17.5 Å². The van der Waals surface area contributed by atoms with Gasteiger partial charge in [-0.2, -0.15) is 0 Å². The van der Waals surface area contributed by atoms with E-state index in [4.69, 9.17) is 5.11 Å². The highest BCUT2D eigenvalue weighted by atomic mass is 33.1. The quantitative estimate of drug-likeness (QED) is 0.616. The van der Waals surface area contributed by atoms with E-state index in [-0.39, 0.29) is 5.12 Å². The predicted octanol–water partition coefficient (Wildman–Crippen LogP) is 3.30. The van der Waals surface area contributed by atoms with Gasteiger partial charge in [0.15, 0.2) is 0 Å². The van der Waals surface area contributed by atoms with Crippen molar-refractivity contribution in [2.75, 3.05) is 5.75 Å². The first kappa shape index (κ1) is 15.5. The van der Waals surface area contributed by atoms with Crippen molar-refractivity contribution in [3.05, 3.63) is 35.9 Å². The maximum Gasteiger partial charge on any atom is 0.316 e. The molecule has 1 aromatic rings. The molecule has 0 saturated carbocycles. The van der Waals surface area contributed by atoms with E-state index in [1.807, 2.05) is 30.3 Å². The third-order valence-electron chi connectivity index (χ3n) is 1.98. The van der Waals surface area contributed by atoms with Crippen LogP contribution in [0.4, 0.5) is 0 Å². The van der Waals surface area contributed by atoms with Crippen LogP contribution in [0.3, 0.4) is 0 Å². The summed E-state index contributed by atoms with van der Waals surface area (Å²) in [5, 5.41) is 7.91. The van der Waals surface area contributed by atoms with Crippen molar-refractivity contribution in [1.29, 1.82) is 0 Å². The molecule has 0 bridgehead atoms. The number of benzene rings is 1. The summed E-state index contributed by atoms with van der Waals surface area (Å²) in [5.74, 6) is 0.229. The van der Waals surface area contributed by atoms with Gasteiger partial charge in [0.05, 0.1) is 5.75 Å². The molecular formula is C12H14O3S3. The Kier molecular flexibility index (Phi) is 7.31. The summed E-state index contributed by atoms with van der Waals surface area (Å²) in [5.41, 5.74) is 1.22. The van der Waals surface area contributed by atoms with Gasteiger partial charge < -0.3 is 5.11 Å². The molecule has 0 radical (unpaired) electrons. The molecule has 0 aliphatic heterocycles. The van der Waals surface area contributed by atoms with Crippen LogP contribution in [-0.2, 0) is 15.3 Å². The van der Waals surface area contributed by atoms with Crippen LogP contribution >= 0.6 is 33.3 Å². The van der Waals surface area contributed by atoms with Crippen LogP contribution in [0.5, 0.6) is 0 Å². The van der Waals surface area contributed by atoms with Gasteiger partial charge in [-0.3, -0.25) is 9.59 Å². The predicted molar refractivity (Wildman–Crippen MR) is 79.9 cm³/mol. The van der Waals surface area contributed by atoms with E-state index in [0.29, 0.717) is 5.75 Å². The van der Waals surface area contributed by atoms with Gasteiger partial charge in [0.25, 0.3) is 0 Å². The van der Waals surface area contributed by atoms with Crippen LogP contribution in [0.15, 0.2) is 30.3 Å². The smallest absolute Gasteiger partial charge is 0.316 e. The Morgan fingerprint density at radius 1 is 1.22 bits per heavy atom. The molecule has 6 heteroatoms. The molecule has 1 aromatic carbocycles. The monoisotopic (exact) mass is 302 g/mol. The minimum absolute atomic E-state index is 0.0875. The Balaban J connectivity index is 2.14. The van der Waals surface area contributed by atoms with Crippen LogP contribution in [0.1, 0.15) is 12.5 Å². The number of carboxylic acid groups (broad SMARTS) is 1. The normalized spacial score (nSPS) is 12.1. The molecule has 3 nitrogen and oxygen atoms in total. The zero-order valence-electron chi connectivity index (χ0n) is 9.87. The molecule has 0 spiro atoms. The van der Waals surface area contributed by atoms with Crippen LogP contribution in [-0.4, -0.2) is 27.2 Å². The first-order valence-electron chi connectivity index (χ1n) is 5.30. The Morgan fingerprint density at radius 2 is 1.89 bits per heavy atom. The fourth-order valence-corrected chi connectivity index (χ4v) is 4.04. The first-order valence-corrected chi connectivity index (χ1v) is 8.67. The van der Waals surface area contributed by atoms with Gasteiger partial charge in [-0.25, -0.2) is 0 Å². The lowest BCUT2D eigenvalue weighted by Gasteiger charge is -2.04. The Labute approximate surface area is 119 Å². The van der Waals surface area contributed by atoms with Crippen molar-refractivity contribution >= 4 is 44.4 Å². The van der Waals surface area contributed by atoms with Gasteiger partial charge in [-0.05, 0) is 12.5 Å². The van der Waals surface area contributed by atoms with Crippen molar-refractivity contribution < 1.29 is 14.7 Å². The topological polar surface area (TPSA) is 54.4 Å². The molecule has 1 unspecified atom stereocenters.